The Morgan fingerprint density at radius 1 is 1.57 bits per heavy atom. The van der Waals surface area contributed by atoms with E-state index in [0.717, 1.165) is 6.54 Å². The van der Waals surface area contributed by atoms with Crippen LogP contribution in [0.3, 0.4) is 0 Å². The summed E-state index contributed by atoms with van der Waals surface area (Å²) in [5, 5.41) is 3.29. The quantitative estimate of drug-likeness (QED) is 0.733. The lowest BCUT2D eigenvalue weighted by Gasteiger charge is -2.20. The molecule has 1 heterocycles. The molecule has 0 atom stereocenters. The molecule has 0 spiro atoms. The van der Waals surface area contributed by atoms with Crippen LogP contribution in [0.4, 0.5) is 0 Å². The monoisotopic (exact) mass is 188 g/mol. The molecule has 0 aliphatic heterocycles. The largest absolute Gasteiger partial charge is 0.297 e. The number of aromatic nitrogens is 1. The molecule has 0 aliphatic rings. The van der Waals surface area contributed by atoms with Gasteiger partial charge in [0.25, 0.3) is 0 Å². The van der Waals surface area contributed by atoms with Crippen molar-refractivity contribution in [1.82, 2.24) is 10.3 Å². The first-order valence-electron chi connectivity index (χ1n) is 4.67. The maximum Gasteiger partial charge on any atom is 0.0743 e. The lowest BCUT2D eigenvalue weighted by molar-refractivity contribution is 0.489. The second-order valence-electron chi connectivity index (χ2n) is 3.93. The molecule has 0 fully saturated rings. The first-order valence-corrected chi connectivity index (χ1v) is 4.67. The van der Waals surface area contributed by atoms with Crippen molar-refractivity contribution in [2.45, 2.75) is 32.9 Å². The Balaban J connectivity index is 2.64. The second-order valence-corrected chi connectivity index (χ2v) is 3.93. The number of hydrogen-bond acceptors (Lipinski definition) is 2. The van der Waals surface area contributed by atoms with Gasteiger partial charge in [0.2, 0.25) is 0 Å². The Hall–Kier alpha value is -1.33. The minimum atomic E-state index is -0.262. The number of pyridine rings is 1. The molecule has 14 heavy (non-hydrogen) atoms. The van der Waals surface area contributed by atoms with Gasteiger partial charge in [-0.1, -0.05) is 5.92 Å². The average Bonchev–Trinajstić information content (AvgIpc) is 2.17. The van der Waals surface area contributed by atoms with E-state index in [0.29, 0.717) is 0 Å². The molecule has 0 saturated carbocycles. The highest BCUT2D eigenvalue weighted by Gasteiger charge is 2.12. The Labute approximate surface area is 85.8 Å². The molecule has 0 unspecified atom stereocenters. The van der Waals surface area contributed by atoms with Crippen molar-refractivity contribution in [1.29, 1.82) is 0 Å². The highest BCUT2D eigenvalue weighted by molar-refractivity contribution is 5.22. The first-order chi connectivity index (χ1) is 6.55. The van der Waals surface area contributed by atoms with Crippen LogP contribution in [0.1, 0.15) is 25.0 Å². The van der Waals surface area contributed by atoms with E-state index in [9.17, 15) is 0 Å². The molecule has 0 saturated heterocycles. The summed E-state index contributed by atoms with van der Waals surface area (Å²) in [4.78, 5) is 4.08. The highest BCUT2D eigenvalue weighted by atomic mass is 14.9. The van der Waals surface area contributed by atoms with Gasteiger partial charge in [0.15, 0.2) is 0 Å². The smallest absolute Gasteiger partial charge is 0.0743 e. The van der Waals surface area contributed by atoms with Crippen LogP contribution in [0.25, 0.3) is 0 Å². The van der Waals surface area contributed by atoms with E-state index in [1.54, 1.807) is 6.20 Å². The van der Waals surface area contributed by atoms with Gasteiger partial charge >= 0.3 is 0 Å². The van der Waals surface area contributed by atoms with Gasteiger partial charge in [-0.05, 0) is 38.0 Å². The molecule has 0 radical (unpaired) electrons. The van der Waals surface area contributed by atoms with Gasteiger partial charge in [-0.2, -0.15) is 0 Å². The maximum absolute atomic E-state index is 5.38. The van der Waals surface area contributed by atoms with Crippen LogP contribution in [-0.4, -0.2) is 10.5 Å². The highest BCUT2D eigenvalue weighted by Crippen LogP contribution is 2.07. The van der Waals surface area contributed by atoms with Crippen molar-refractivity contribution in [2.24, 2.45) is 0 Å². The summed E-state index contributed by atoms with van der Waals surface area (Å²) in [5.41, 5.74) is 2.17. The van der Waals surface area contributed by atoms with Crippen LogP contribution in [0.5, 0.6) is 0 Å². The van der Waals surface area contributed by atoms with Crippen LogP contribution in [-0.2, 0) is 6.54 Å². The molecule has 74 valence electrons. The zero-order valence-electron chi connectivity index (χ0n) is 8.96. The average molecular weight is 188 g/mol. The van der Waals surface area contributed by atoms with Crippen molar-refractivity contribution in [2.75, 3.05) is 0 Å². The number of nitrogens with zero attached hydrogens (tertiary/aromatic N) is 1. The number of terminal acetylenes is 1. The predicted octanol–water partition coefficient (Wildman–Crippen LogP) is 1.89. The summed E-state index contributed by atoms with van der Waals surface area (Å²) in [7, 11) is 0. The Bertz CT molecular complexity index is 348. The zero-order chi connectivity index (χ0) is 10.6. The zero-order valence-corrected chi connectivity index (χ0v) is 8.96. The topological polar surface area (TPSA) is 24.9 Å². The lowest BCUT2D eigenvalue weighted by Crippen LogP contribution is -2.37. The fourth-order valence-corrected chi connectivity index (χ4v) is 1.05. The molecule has 1 N–H and O–H groups in total. The number of rotatable bonds is 3. The Morgan fingerprint density at radius 3 is 2.86 bits per heavy atom. The molecule has 0 amide bonds. The van der Waals surface area contributed by atoms with Crippen molar-refractivity contribution in [3.8, 4) is 12.3 Å². The van der Waals surface area contributed by atoms with E-state index in [1.165, 1.54) is 11.1 Å². The van der Waals surface area contributed by atoms with E-state index >= 15 is 0 Å². The molecule has 0 aromatic carbocycles. The van der Waals surface area contributed by atoms with Crippen molar-refractivity contribution in [3.05, 3.63) is 29.6 Å². The summed E-state index contributed by atoms with van der Waals surface area (Å²) >= 11 is 0. The Kier molecular flexibility index (Phi) is 3.27. The number of nitrogens with one attached hydrogen (secondary N) is 1. The number of aryl methyl sites for hydroxylation is 1. The van der Waals surface area contributed by atoms with Crippen LogP contribution >= 0.6 is 0 Å². The predicted molar refractivity (Wildman–Crippen MR) is 58.7 cm³/mol. The van der Waals surface area contributed by atoms with Gasteiger partial charge in [0, 0.05) is 18.9 Å². The van der Waals surface area contributed by atoms with Crippen LogP contribution in [0.15, 0.2) is 18.5 Å². The van der Waals surface area contributed by atoms with E-state index in [1.807, 2.05) is 26.1 Å². The van der Waals surface area contributed by atoms with Crippen molar-refractivity contribution < 1.29 is 0 Å². The summed E-state index contributed by atoms with van der Waals surface area (Å²) < 4.78 is 0. The first kappa shape index (κ1) is 10.7. The maximum atomic E-state index is 5.38. The third-order valence-electron chi connectivity index (χ3n) is 2.23. The van der Waals surface area contributed by atoms with Crippen LogP contribution in [0, 0.1) is 19.3 Å². The van der Waals surface area contributed by atoms with E-state index in [4.69, 9.17) is 6.42 Å². The van der Waals surface area contributed by atoms with Gasteiger partial charge in [0.1, 0.15) is 0 Å². The molecule has 0 bridgehead atoms. The fraction of sp³-hybridized carbons (Fsp3) is 0.417. The summed E-state index contributed by atoms with van der Waals surface area (Å²) in [6.45, 7) is 6.80. The summed E-state index contributed by atoms with van der Waals surface area (Å²) in [6.07, 6.45) is 9.05. The molecule has 1 aromatic rings. The van der Waals surface area contributed by atoms with E-state index in [2.05, 4.69) is 23.1 Å². The molecular weight excluding hydrogens is 172 g/mol. The van der Waals surface area contributed by atoms with E-state index < -0.39 is 0 Å². The SMILES string of the molecule is C#CC(C)(C)NCc1cnccc1C. The van der Waals surface area contributed by atoms with Gasteiger partial charge in [-0.3, -0.25) is 10.3 Å². The van der Waals surface area contributed by atoms with E-state index in [-0.39, 0.29) is 5.54 Å². The molecule has 1 aromatic heterocycles. The minimum Gasteiger partial charge on any atom is -0.297 e. The summed E-state index contributed by atoms with van der Waals surface area (Å²) in [5.74, 6) is 2.70. The molecule has 0 aliphatic carbocycles. The van der Waals surface area contributed by atoms with Gasteiger partial charge in [-0.25, -0.2) is 0 Å². The number of hydrogen-bond donors (Lipinski definition) is 1. The Morgan fingerprint density at radius 2 is 2.29 bits per heavy atom. The second kappa shape index (κ2) is 4.26. The lowest BCUT2D eigenvalue weighted by atomic mass is 10.1. The third kappa shape index (κ3) is 2.86. The fourth-order valence-electron chi connectivity index (χ4n) is 1.05. The third-order valence-corrected chi connectivity index (χ3v) is 2.23. The minimum absolute atomic E-state index is 0.262. The van der Waals surface area contributed by atoms with Crippen LogP contribution < -0.4 is 5.32 Å². The van der Waals surface area contributed by atoms with Gasteiger partial charge in [-0.15, -0.1) is 6.42 Å². The molecule has 2 heteroatoms. The molecule has 2 nitrogen and oxygen atoms in total. The van der Waals surface area contributed by atoms with Gasteiger partial charge in [0.05, 0.1) is 5.54 Å². The van der Waals surface area contributed by atoms with Crippen molar-refractivity contribution >= 4 is 0 Å². The molecule has 1 rings (SSSR count). The summed E-state index contributed by atoms with van der Waals surface area (Å²) in [6, 6.07) is 2.00. The van der Waals surface area contributed by atoms with Crippen LogP contribution in [0.2, 0.25) is 0 Å². The molecular formula is C12H16N2. The van der Waals surface area contributed by atoms with Crippen molar-refractivity contribution in [3.63, 3.8) is 0 Å². The standard InChI is InChI=1S/C12H16N2/c1-5-12(3,4)14-9-11-8-13-7-6-10(11)2/h1,6-8,14H,9H2,2-4H3. The van der Waals surface area contributed by atoms with Gasteiger partial charge < -0.3 is 0 Å². The normalized spacial score (nSPS) is 11.0.